The molecule has 0 aromatic heterocycles. The summed E-state index contributed by atoms with van der Waals surface area (Å²) < 4.78 is 4.61. The van der Waals surface area contributed by atoms with Crippen LogP contribution in [0.25, 0.3) is 0 Å². The molecular formula is C8H12O4. The van der Waals surface area contributed by atoms with E-state index in [0.29, 0.717) is 0 Å². The molecule has 0 aromatic carbocycles. The summed E-state index contributed by atoms with van der Waals surface area (Å²) in [5.74, 6) is -1.67. The molecule has 0 saturated carbocycles. The molecule has 0 radical (unpaired) electrons. The van der Waals surface area contributed by atoms with E-state index in [1.807, 2.05) is 0 Å². The van der Waals surface area contributed by atoms with Crippen molar-refractivity contribution in [3.05, 3.63) is 11.1 Å². The quantitative estimate of drug-likeness (QED) is 0.509. The first-order valence-electron chi connectivity index (χ1n) is 3.58. The fourth-order valence-electron chi connectivity index (χ4n) is 0.553. The number of carbonyl (C=O) groups excluding carboxylic acids is 1. The van der Waals surface area contributed by atoms with Crippen molar-refractivity contribution in [1.82, 2.24) is 0 Å². The fourth-order valence-corrected chi connectivity index (χ4v) is 0.553. The van der Waals surface area contributed by atoms with Gasteiger partial charge in [-0.2, -0.15) is 0 Å². The number of esters is 1. The van der Waals surface area contributed by atoms with Gasteiger partial charge in [0.25, 0.3) is 0 Å². The third-order valence-corrected chi connectivity index (χ3v) is 1.46. The lowest BCUT2D eigenvalue weighted by Crippen LogP contribution is -2.10. The van der Waals surface area contributed by atoms with Crippen molar-refractivity contribution in [2.24, 2.45) is 0 Å². The first-order valence-corrected chi connectivity index (χ1v) is 3.58. The number of carboxylic acids is 1. The Morgan fingerprint density at radius 2 is 1.75 bits per heavy atom. The summed E-state index contributed by atoms with van der Waals surface area (Å²) in [6.45, 7) is 4.72. The molecule has 0 spiro atoms. The fraction of sp³-hybridized carbons (Fsp3) is 0.500. The second-order valence-electron chi connectivity index (χ2n) is 2.28. The zero-order chi connectivity index (χ0) is 9.72. The van der Waals surface area contributed by atoms with E-state index in [9.17, 15) is 9.59 Å². The van der Waals surface area contributed by atoms with Gasteiger partial charge < -0.3 is 9.84 Å². The van der Waals surface area contributed by atoms with Crippen molar-refractivity contribution in [2.75, 3.05) is 6.61 Å². The Morgan fingerprint density at radius 1 is 1.25 bits per heavy atom. The number of hydrogen-bond acceptors (Lipinski definition) is 3. The smallest absolute Gasteiger partial charge is 0.334 e. The summed E-state index contributed by atoms with van der Waals surface area (Å²) in [5.41, 5.74) is 0.165. The number of carbonyl (C=O) groups is 2. The van der Waals surface area contributed by atoms with Crippen LogP contribution < -0.4 is 0 Å². The van der Waals surface area contributed by atoms with Crippen molar-refractivity contribution >= 4 is 11.9 Å². The highest BCUT2D eigenvalue weighted by molar-refractivity contribution is 5.98. The van der Waals surface area contributed by atoms with Gasteiger partial charge in [0.1, 0.15) is 0 Å². The monoisotopic (exact) mass is 172 g/mol. The van der Waals surface area contributed by atoms with Crippen molar-refractivity contribution in [3.63, 3.8) is 0 Å². The zero-order valence-corrected chi connectivity index (χ0v) is 7.38. The molecule has 0 saturated heterocycles. The molecule has 0 bridgehead atoms. The predicted octanol–water partition coefficient (Wildman–Crippen LogP) is 0.970. The maximum atomic E-state index is 10.9. The van der Waals surface area contributed by atoms with Crippen molar-refractivity contribution in [1.29, 1.82) is 0 Å². The molecule has 68 valence electrons. The third kappa shape index (κ3) is 2.74. The minimum atomic E-state index is -1.10. The molecular weight excluding hydrogens is 160 g/mol. The van der Waals surface area contributed by atoms with Gasteiger partial charge in [0.05, 0.1) is 6.61 Å². The molecule has 1 N–H and O–H groups in total. The molecule has 0 aliphatic rings. The molecule has 0 aliphatic carbocycles. The van der Waals surface area contributed by atoms with Crippen LogP contribution in [-0.4, -0.2) is 23.7 Å². The Hall–Kier alpha value is -1.32. The minimum absolute atomic E-state index is 0.0217. The van der Waals surface area contributed by atoms with Crippen LogP contribution in [0.4, 0.5) is 0 Å². The lowest BCUT2D eigenvalue weighted by molar-refractivity contribution is -0.139. The highest BCUT2D eigenvalue weighted by Gasteiger charge is 2.12. The molecule has 0 aromatic rings. The van der Waals surface area contributed by atoms with E-state index in [0.717, 1.165) is 0 Å². The van der Waals surface area contributed by atoms with Gasteiger partial charge in [-0.15, -0.1) is 0 Å². The SMILES string of the molecule is CCOC(=O)/C(C)=C(/C)C(=O)O. The molecule has 12 heavy (non-hydrogen) atoms. The molecule has 0 heterocycles. The van der Waals surface area contributed by atoms with Crippen LogP contribution in [0.2, 0.25) is 0 Å². The topological polar surface area (TPSA) is 63.6 Å². The number of rotatable bonds is 3. The Bertz CT molecular complexity index is 227. The van der Waals surface area contributed by atoms with Crippen LogP contribution in [0.1, 0.15) is 20.8 Å². The second kappa shape index (κ2) is 4.54. The Morgan fingerprint density at radius 3 is 2.08 bits per heavy atom. The number of aliphatic carboxylic acids is 1. The van der Waals surface area contributed by atoms with E-state index in [-0.39, 0.29) is 17.8 Å². The maximum Gasteiger partial charge on any atom is 0.334 e. The van der Waals surface area contributed by atoms with E-state index < -0.39 is 11.9 Å². The molecule has 4 heteroatoms. The van der Waals surface area contributed by atoms with Gasteiger partial charge in [-0.05, 0) is 20.8 Å². The highest BCUT2D eigenvalue weighted by atomic mass is 16.5. The van der Waals surface area contributed by atoms with Gasteiger partial charge in [0, 0.05) is 11.1 Å². The summed E-state index contributed by atoms with van der Waals surface area (Å²) in [6.07, 6.45) is 0. The second-order valence-corrected chi connectivity index (χ2v) is 2.28. The lowest BCUT2D eigenvalue weighted by Gasteiger charge is -2.02. The average molecular weight is 172 g/mol. The van der Waals surface area contributed by atoms with Crippen LogP contribution >= 0.6 is 0 Å². The van der Waals surface area contributed by atoms with Crippen molar-refractivity contribution < 1.29 is 19.4 Å². The van der Waals surface area contributed by atoms with Crippen molar-refractivity contribution in [2.45, 2.75) is 20.8 Å². The summed E-state index contributed by atoms with van der Waals surface area (Å²) in [6, 6.07) is 0. The van der Waals surface area contributed by atoms with E-state index in [2.05, 4.69) is 4.74 Å². The molecule has 0 amide bonds. The summed E-state index contributed by atoms with van der Waals surface area (Å²) >= 11 is 0. The van der Waals surface area contributed by atoms with Gasteiger partial charge in [0.15, 0.2) is 0 Å². The van der Waals surface area contributed by atoms with Gasteiger partial charge in [-0.25, -0.2) is 9.59 Å². The third-order valence-electron chi connectivity index (χ3n) is 1.46. The maximum absolute atomic E-state index is 10.9. The number of ether oxygens (including phenoxy) is 1. The van der Waals surface area contributed by atoms with Gasteiger partial charge in [0.2, 0.25) is 0 Å². The average Bonchev–Trinajstić information content (AvgIpc) is 2.02. The van der Waals surface area contributed by atoms with E-state index in [4.69, 9.17) is 5.11 Å². The Labute approximate surface area is 70.8 Å². The Kier molecular flexibility index (Phi) is 4.04. The normalized spacial score (nSPS) is 11.9. The van der Waals surface area contributed by atoms with Crippen LogP contribution in [-0.2, 0) is 14.3 Å². The summed E-state index contributed by atoms with van der Waals surface area (Å²) in [7, 11) is 0. The van der Waals surface area contributed by atoms with Crippen LogP contribution in [0.5, 0.6) is 0 Å². The number of hydrogen-bond donors (Lipinski definition) is 1. The predicted molar refractivity (Wildman–Crippen MR) is 42.6 cm³/mol. The van der Waals surface area contributed by atoms with E-state index >= 15 is 0 Å². The Balaban J connectivity index is 4.55. The molecule has 0 atom stereocenters. The van der Waals surface area contributed by atoms with E-state index in [1.165, 1.54) is 13.8 Å². The molecule has 4 nitrogen and oxygen atoms in total. The first kappa shape index (κ1) is 10.7. The van der Waals surface area contributed by atoms with Gasteiger partial charge in [-0.3, -0.25) is 0 Å². The number of carboxylic acid groups (broad SMARTS) is 1. The molecule has 0 rings (SSSR count). The van der Waals surface area contributed by atoms with Crippen molar-refractivity contribution in [3.8, 4) is 0 Å². The summed E-state index contributed by atoms with van der Waals surface area (Å²) in [5, 5.41) is 8.50. The standard InChI is InChI=1S/C8H12O4/c1-4-12-8(11)6(3)5(2)7(9)10/h4H2,1-3H3,(H,9,10)/b6-5-. The molecule has 0 aliphatic heterocycles. The van der Waals surface area contributed by atoms with Crippen LogP contribution in [0.15, 0.2) is 11.1 Å². The van der Waals surface area contributed by atoms with Crippen LogP contribution in [0.3, 0.4) is 0 Å². The lowest BCUT2D eigenvalue weighted by atomic mass is 10.1. The van der Waals surface area contributed by atoms with E-state index in [1.54, 1.807) is 6.92 Å². The molecule has 0 unspecified atom stereocenters. The van der Waals surface area contributed by atoms with Gasteiger partial charge in [-0.1, -0.05) is 0 Å². The highest BCUT2D eigenvalue weighted by Crippen LogP contribution is 2.05. The largest absolute Gasteiger partial charge is 0.478 e. The summed E-state index contributed by atoms with van der Waals surface area (Å²) in [4.78, 5) is 21.3. The zero-order valence-electron chi connectivity index (χ0n) is 7.38. The van der Waals surface area contributed by atoms with Crippen LogP contribution in [0, 0.1) is 0 Å². The van der Waals surface area contributed by atoms with Gasteiger partial charge >= 0.3 is 11.9 Å². The minimum Gasteiger partial charge on any atom is -0.478 e. The molecule has 0 fully saturated rings. The first-order chi connectivity index (χ1) is 5.50.